The molecule has 0 bridgehead atoms. The molecule has 102 valence electrons. The minimum absolute atomic E-state index is 0.484. The number of oxazole rings is 1. The maximum atomic E-state index is 5.75. The molecular weight excluding hydrogens is 228 g/mol. The minimum atomic E-state index is 0.484. The SMILES string of the molecule is CCOC1CC(Cc2cnc(CCCNC)o2)C1. The fourth-order valence-corrected chi connectivity index (χ4v) is 2.47. The van der Waals surface area contributed by atoms with Crippen LogP contribution in [-0.4, -0.2) is 31.3 Å². The Morgan fingerprint density at radius 2 is 2.33 bits per heavy atom. The van der Waals surface area contributed by atoms with Crippen molar-refractivity contribution < 1.29 is 9.15 Å². The van der Waals surface area contributed by atoms with Crippen LogP contribution in [0.3, 0.4) is 0 Å². The third kappa shape index (κ3) is 3.82. The molecule has 18 heavy (non-hydrogen) atoms. The number of hydrogen-bond donors (Lipinski definition) is 1. The van der Waals surface area contributed by atoms with Crippen molar-refractivity contribution in [2.75, 3.05) is 20.2 Å². The van der Waals surface area contributed by atoms with Gasteiger partial charge in [0, 0.05) is 19.4 Å². The number of aryl methyl sites for hydroxylation is 1. The third-order valence-corrected chi connectivity index (χ3v) is 3.50. The van der Waals surface area contributed by atoms with Crippen molar-refractivity contribution >= 4 is 0 Å². The highest BCUT2D eigenvalue weighted by molar-refractivity contribution is 4.98. The Balaban J connectivity index is 1.68. The Morgan fingerprint density at radius 1 is 1.50 bits per heavy atom. The highest BCUT2D eigenvalue weighted by atomic mass is 16.5. The molecule has 4 heteroatoms. The lowest BCUT2D eigenvalue weighted by molar-refractivity contribution is -0.0252. The van der Waals surface area contributed by atoms with Gasteiger partial charge in [-0.05, 0) is 45.7 Å². The van der Waals surface area contributed by atoms with Gasteiger partial charge in [-0.1, -0.05) is 0 Å². The summed E-state index contributed by atoms with van der Waals surface area (Å²) in [5.74, 6) is 2.63. The van der Waals surface area contributed by atoms with Gasteiger partial charge in [0.25, 0.3) is 0 Å². The molecule has 1 aliphatic rings. The molecule has 1 aromatic heterocycles. The lowest BCUT2D eigenvalue weighted by Gasteiger charge is -2.34. The molecule has 0 aromatic carbocycles. The van der Waals surface area contributed by atoms with Crippen molar-refractivity contribution in [3.8, 4) is 0 Å². The average molecular weight is 252 g/mol. The van der Waals surface area contributed by atoms with Crippen molar-refractivity contribution in [2.24, 2.45) is 5.92 Å². The molecule has 2 rings (SSSR count). The summed E-state index contributed by atoms with van der Waals surface area (Å²) in [6.45, 7) is 3.90. The predicted molar refractivity (Wildman–Crippen MR) is 70.6 cm³/mol. The van der Waals surface area contributed by atoms with Gasteiger partial charge in [0.2, 0.25) is 0 Å². The number of hydrogen-bond acceptors (Lipinski definition) is 4. The van der Waals surface area contributed by atoms with Crippen LogP contribution >= 0.6 is 0 Å². The van der Waals surface area contributed by atoms with E-state index in [1.165, 1.54) is 12.8 Å². The van der Waals surface area contributed by atoms with Gasteiger partial charge >= 0.3 is 0 Å². The molecule has 1 N–H and O–H groups in total. The second-order valence-corrected chi connectivity index (χ2v) is 5.05. The molecule has 0 spiro atoms. The Hall–Kier alpha value is -0.870. The smallest absolute Gasteiger partial charge is 0.194 e. The summed E-state index contributed by atoms with van der Waals surface area (Å²) in [7, 11) is 1.96. The maximum Gasteiger partial charge on any atom is 0.194 e. The number of rotatable bonds is 8. The van der Waals surface area contributed by atoms with Crippen molar-refractivity contribution in [3.63, 3.8) is 0 Å². The first-order chi connectivity index (χ1) is 8.81. The second-order valence-electron chi connectivity index (χ2n) is 5.05. The molecule has 1 saturated carbocycles. The lowest BCUT2D eigenvalue weighted by atomic mass is 9.79. The molecule has 1 aliphatic carbocycles. The van der Waals surface area contributed by atoms with Crippen molar-refractivity contribution in [1.82, 2.24) is 10.3 Å². The quantitative estimate of drug-likeness (QED) is 0.720. The minimum Gasteiger partial charge on any atom is -0.446 e. The summed E-state index contributed by atoms with van der Waals surface area (Å²) < 4.78 is 11.3. The molecule has 1 fully saturated rings. The van der Waals surface area contributed by atoms with Crippen molar-refractivity contribution in [2.45, 2.75) is 45.1 Å². The van der Waals surface area contributed by atoms with Gasteiger partial charge in [-0.2, -0.15) is 0 Å². The normalized spacial score (nSPS) is 23.0. The topological polar surface area (TPSA) is 47.3 Å². The Bertz CT molecular complexity index is 345. The van der Waals surface area contributed by atoms with E-state index >= 15 is 0 Å². The van der Waals surface area contributed by atoms with Crippen LogP contribution in [0.15, 0.2) is 10.6 Å². The molecule has 1 aromatic rings. The van der Waals surface area contributed by atoms with Crippen LogP contribution in [0.5, 0.6) is 0 Å². The Morgan fingerprint density at radius 3 is 3.06 bits per heavy atom. The van der Waals surface area contributed by atoms with Crippen LogP contribution in [0.4, 0.5) is 0 Å². The molecule has 0 saturated heterocycles. The molecule has 1 heterocycles. The zero-order valence-electron chi connectivity index (χ0n) is 11.4. The number of ether oxygens (including phenoxy) is 1. The summed E-state index contributed by atoms with van der Waals surface area (Å²) in [5, 5.41) is 3.13. The summed E-state index contributed by atoms with van der Waals surface area (Å²) in [4.78, 5) is 4.33. The second kappa shape index (κ2) is 6.90. The molecule has 0 atom stereocenters. The fourth-order valence-electron chi connectivity index (χ4n) is 2.47. The Labute approximate surface area is 109 Å². The van der Waals surface area contributed by atoms with E-state index in [-0.39, 0.29) is 0 Å². The average Bonchev–Trinajstić information content (AvgIpc) is 2.75. The number of nitrogens with zero attached hydrogens (tertiary/aromatic N) is 1. The maximum absolute atomic E-state index is 5.75. The highest BCUT2D eigenvalue weighted by Crippen LogP contribution is 2.32. The van der Waals surface area contributed by atoms with Gasteiger partial charge in [-0.15, -0.1) is 0 Å². The number of aromatic nitrogens is 1. The van der Waals surface area contributed by atoms with E-state index in [1.54, 1.807) is 0 Å². The summed E-state index contributed by atoms with van der Waals surface area (Å²) >= 11 is 0. The van der Waals surface area contributed by atoms with E-state index in [1.807, 2.05) is 13.2 Å². The number of nitrogens with one attached hydrogen (secondary N) is 1. The van der Waals surface area contributed by atoms with Crippen LogP contribution in [0.2, 0.25) is 0 Å². The first kappa shape index (κ1) is 13.6. The van der Waals surface area contributed by atoms with Crippen LogP contribution in [0.25, 0.3) is 0 Å². The summed E-state index contributed by atoms with van der Waals surface area (Å²) in [6.07, 6.45) is 7.73. The van der Waals surface area contributed by atoms with E-state index in [2.05, 4.69) is 17.2 Å². The van der Waals surface area contributed by atoms with Gasteiger partial charge in [-0.25, -0.2) is 4.98 Å². The largest absolute Gasteiger partial charge is 0.446 e. The lowest BCUT2D eigenvalue weighted by Crippen LogP contribution is -2.32. The molecule has 0 radical (unpaired) electrons. The monoisotopic (exact) mass is 252 g/mol. The Kier molecular flexibility index (Phi) is 5.20. The molecule has 0 aliphatic heterocycles. The van der Waals surface area contributed by atoms with Gasteiger partial charge in [-0.3, -0.25) is 0 Å². The van der Waals surface area contributed by atoms with Crippen molar-refractivity contribution in [3.05, 3.63) is 17.8 Å². The predicted octanol–water partition coefficient (Wildman–Crippen LogP) is 2.18. The third-order valence-electron chi connectivity index (χ3n) is 3.50. The van der Waals surface area contributed by atoms with Crippen LogP contribution in [-0.2, 0) is 17.6 Å². The van der Waals surface area contributed by atoms with E-state index in [0.717, 1.165) is 50.0 Å². The fraction of sp³-hybridized carbons (Fsp3) is 0.786. The summed E-state index contributed by atoms with van der Waals surface area (Å²) in [5.41, 5.74) is 0. The van der Waals surface area contributed by atoms with Gasteiger partial charge < -0.3 is 14.5 Å². The van der Waals surface area contributed by atoms with Gasteiger partial charge in [0.05, 0.1) is 12.3 Å². The molecule has 0 amide bonds. The van der Waals surface area contributed by atoms with E-state index in [0.29, 0.717) is 6.10 Å². The van der Waals surface area contributed by atoms with E-state index in [4.69, 9.17) is 9.15 Å². The van der Waals surface area contributed by atoms with E-state index < -0.39 is 0 Å². The highest BCUT2D eigenvalue weighted by Gasteiger charge is 2.30. The van der Waals surface area contributed by atoms with E-state index in [9.17, 15) is 0 Å². The molecule has 4 nitrogen and oxygen atoms in total. The van der Waals surface area contributed by atoms with Crippen LogP contribution in [0.1, 0.15) is 37.8 Å². The van der Waals surface area contributed by atoms with Crippen molar-refractivity contribution in [1.29, 1.82) is 0 Å². The zero-order chi connectivity index (χ0) is 12.8. The standard InChI is InChI=1S/C14H24N2O2/c1-3-17-12-7-11(8-12)9-13-10-16-14(18-13)5-4-6-15-2/h10-12,15H,3-9H2,1-2H3. The first-order valence-corrected chi connectivity index (χ1v) is 7.01. The summed E-state index contributed by atoms with van der Waals surface area (Å²) in [6, 6.07) is 0. The zero-order valence-corrected chi connectivity index (χ0v) is 11.4. The first-order valence-electron chi connectivity index (χ1n) is 7.01. The van der Waals surface area contributed by atoms with Gasteiger partial charge in [0.1, 0.15) is 5.76 Å². The van der Waals surface area contributed by atoms with Gasteiger partial charge in [0.15, 0.2) is 5.89 Å². The van der Waals surface area contributed by atoms with Crippen LogP contribution < -0.4 is 5.32 Å². The molecular formula is C14H24N2O2. The molecule has 0 unspecified atom stereocenters. The van der Waals surface area contributed by atoms with Crippen LogP contribution in [0, 0.1) is 5.92 Å².